The average Bonchev–Trinajstić information content (AvgIpc) is 2.55. The van der Waals surface area contributed by atoms with Gasteiger partial charge in [-0.2, -0.15) is 0 Å². The van der Waals surface area contributed by atoms with Gasteiger partial charge in [0.1, 0.15) is 5.75 Å². The van der Waals surface area contributed by atoms with Crippen LogP contribution in [0, 0.1) is 10.1 Å². The zero-order valence-electron chi connectivity index (χ0n) is 12.3. The van der Waals surface area contributed by atoms with E-state index < -0.39 is 4.92 Å². The van der Waals surface area contributed by atoms with Crippen LogP contribution in [-0.2, 0) is 6.42 Å². The van der Waals surface area contributed by atoms with Crippen molar-refractivity contribution in [3.05, 3.63) is 63.7 Å². The summed E-state index contributed by atoms with van der Waals surface area (Å²) in [6.07, 6.45) is 0.901. The number of ether oxygens (including phenoxy) is 1. The third kappa shape index (κ3) is 3.41. The number of nitrogens with one attached hydrogen (secondary N) is 1. The number of hydrogen-bond acceptors (Lipinski definition) is 4. The van der Waals surface area contributed by atoms with Gasteiger partial charge < -0.3 is 10.1 Å². The monoisotopic (exact) mass is 300 g/mol. The number of benzene rings is 2. The molecule has 0 atom stereocenters. The highest BCUT2D eigenvalue weighted by molar-refractivity contribution is 6.05. The number of nitro benzene ring substituents is 1. The van der Waals surface area contributed by atoms with Crippen LogP contribution in [0.5, 0.6) is 5.75 Å². The molecule has 0 bridgehead atoms. The molecule has 0 saturated carbocycles. The Morgan fingerprint density at radius 3 is 2.45 bits per heavy atom. The molecule has 1 N–H and O–H groups in total. The van der Waals surface area contributed by atoms with E-state index in [-0.39, 0.29) is 17.3 Å². The molecule has 0 radical (unpaired) electrons. The topological polar surface area (TPSA) is 81.5 Å². The second-order valence-electron chi connectivity index (χ2n) is 4.65. The molecule has 0 aliphatic heterocycles. The van der Waals surface area contributed by atoms with E-state index in [1.54, 1.807) is 12.1 Å². The normalized spacial score (nSPS) is 10.1. The fourth-order valence-electron chi connectivity index (χ4n) is 1.98. The van der Waals surface area contributed by atoms with Crippen LogP contribution in [0.3, 0.4) is 0 Å². The molecule has 0 aromatic heterocycles. The van der Waals surface area contributed by atoms with Crippen LogP contribution in [0.4, 0.5) is 11.4 Å². The first-order valence-corrected chi connectivity index (χ1v) is 6.78. The Balaban J connectivity index is 2.21. The summed E-state index contributed by atoms with van der Waals surface area (Å²) in [7, 11) is 1.39. The molecule has 0 heterocycles. The van der Waals surface area contributed by atoms with Crippen molar-refractivity contribution in [2.24, 2.45) is 0 Å². The lowest BCUT2D eigenvalue weighted by Gasteiger charge is -2.10. The maximum absolute atomic E-state index is 12.2. The molecule has 22 heavy (non-hydrogen) atoms. The number of rotatable bonds is 5. The van der Waals surface area contributed by atoms with Crippen molar-refractivity contribution in [3.63, 3.8) is 0 Å². The van der Waals surface area contributed by atoms with Crippen LogP contribution in [0.15, 0.2) is 42.5 Å². The van der Waals surface area contributed by atoms with Crippen molar-refractivity contribution in [2.75, 3.05) is 12.4 Å². The standard InChI is InChI=1S/C16H16N2O4/c1-3-11-4-6-12(7-5-11)16(19)17-14-9-8-13(18(20)21)10-15(14)22-2/h4-10H,3H2,1-2H3,(H,17,19). The molecule has 6 nitrogen and oxygen atoms in total. The summed E-state index contributed by atoms with van der Waals surface area (Å²) in [6.45, 7) is 2.04. The molecule has 2 aromatic carbocycles. The summed E-state index contributed by atoms with van der Waals surface area (Å²) >= 11 is 0. The minimum atomic E-state index is -0.516. The number of nitrogens with zero attached hydrogens (tertiary/aromatic N) is 1. The highest BCUT2D eigenvalue weighted by Crippen LogP contribution is 2.29. The molecule has 114 valence electrons. The van der Waals surface area contributed by atoms with Gasteiger partial charge in [0, 0.05) is 11.6 Å². The van der Waals surface area contributed by atoms with Crippen molar-refractivity contribution in [2.45, 2.75) is 13.3 Å². The number of anilines is 1. The second kappa shape index (κ2) is 6.71. The first kappa shape index (κ1) is 15.5. The molecule has 0 unspecified atom stereocenters. The second-order valence-corrected chi connectivity index (χ2v) is 4.65. The van der Waals surface area contributed by atoms with E-state index in [0.29, 0.717) is 11.3 Å². The van der Waals surface area contributed by atoms with E-state index in [4.69, 9.17) is 4.74 Å². The summed E-state index contributed by atoms with van der Waals surface area (Å²) in [6, 6.07) is 11.3. The smallest absolute Gasteiger partial charge is 0.273 e. The van der Waals surface area contributed by atoms with Crippen molar-refractivity contribution in [1.29, 1.82) is 0 Å². The van der Waals surface area contributed by atoms with Gasteiger partial charge in [-0.15, -0.1) is 0 Å². The lowest BCUT2D eigenvalue weighted by atomic mass is 10.1. The first-order valence-electron chi connectivity index (χ1n) is 6.78. The molecular formula is C16H16N2O4. The third-order valence-corrected chi connectivity index (χ3v) is 3.27. The van der Waals surface area contributed by atoms with Crippen LogP contribution in [0.1, 0.15) is 22.8 Å². The average molecular weight is 300 g/mol. The summed E-state index contributed by atoms with van der Waals surface area (Å²) in [5.41, 5.74) is 1.95. The molecule has 0 spiro atoms. The SMILES string of the molecule is CCc1ccc(C(=O)Nc2ccc([N+](=O)[O-])cc2OC)cc1. The number of carbonyl (C=O) groups is 1. The van der Waals surface area contributed by atoms with Gasteiger partial charge in [0.05, 0.1) is 23.8 Å². The van der Waals surface area contributed by atoms with Gasteiger partial charge in [-0.05, 0) is 30.2 Å². The zero-order valence-corrected chi connectivity index (χ0v) is 12.3. The lowest BCUT2D eigenvalue weighted by Crippen LogP contribution is -2.12. The number of non-ortho nitro benzene ring substituents is 1. The number of aryl methyl sites for hydroxylation is 1. The molecule has 0 aliphatic carbocycles. The molecular weight excluding hydrogens is 284 g/mol. The molecule has 0 fully saturated rings. The van der Waals surface area contributed by atoms with E-state index in [1.165, 1.54) is 25.3 Å². The van der Waals surface area contributed by atoms with Crippen molar-refractivity contribution >= 4 is 17.3 Å². The van der Waals surface area contributed by atoms with Gasteiger partial charge in [-0.3, -0.25) is 14.9 Å². The lowest BCUT2D eigenvalue weighted by molar-refractivity contribution is -0.384. The van der Waals surface area contributed by atoms with Crippen molar-refractivity contribution in [1.82, 2.24) is 0 Å². The number of carbonyl (C=O) groups excluding carboxylic acids is 1. The van der Waals surface area contributed by atoms with Crippen LogP contribution in [0.25, 0.3) is 0 Å². The molecule has 0 aliphatic rings. The number of methoxy groups -OCH3 is 1. The third-order valence-electron chi connectivity index (χ3n) is 3.27. The maximum atomic E-state index is 12.2. The fraction of sp³-hybridized carbons (Fsp3) is 0.188. The van der Waals surface area contributed by atoms with Gasteiger partial charge in [-0.25, -0.2) is 0 Å². The number of nitro groups is 1. The molecule has 1 amide bonds. The van der Waals surface area contributed by atoms with E-state index >= 15 is 0 Å². The minimum Gasteiger partial charge on any atom is -0.494 e. The van der Waals surface area contributed by atoms with Gasteiger partial charge >= 0.3 is 0 Å². The molecule has 0 saturated heterocycles. The number of hydrogen-bond donors (Lipinski definition) is 1. The van der Waals surface area contributed by atoms with Crippen molar-refractivity contribution < 1.29 is 14.5 Å². The Bertz CT molecular complexity index is 696. The Labute approximate surface area is 127 Å². The Hall–Kier alpha value is -2.89. The van der Waals surface area contributed by atoms with Crippen molar-refractivity contribution in [3.8, 4) is 5.75 Å². The highest BCUT2D eigenvalue weighted by Gasteiger charge is 2.14. The van der Waals surface area contributed by atoms with Gasteiger partial charge in [-0.1, -0.05) is 19.1 Å². The molecule has 2 aromatic rings. The summed E-state index contributed by atoms with van der Waals surface area (Å²) in [5, 5.41) is 13.4. The van der Waals surface area contributed by atoms with Gasteiger partial charge in [0.15, 0.2) is 0 Å². The maximum Gasteiger partial charge on any atom is 0.273 e. The summed E-state index contributed by atoms with van der Waals surface area (Å²) < 4.78 is 5.09. The first-order chi connectivity index (χ1) is 10.5. The van der Waals surface area contributed by atoms with E-state index in [1.807, 2.05) is 19.1 Å². The summed E-state index contributed by atoms with van der Waals surface area (Å²) in [4.78, 5) is 22.4. The van der Waals surface area contributed by atoms with Crippen LogP contribution in [0.2, 0.25) is 0 Å². The highest BCUT2D eigenvalue weighted by atomic mass is 16.6. The van der Waals surface area contributed by atoms with E-state index in [0.717, 1.165) is 12.0 Å². The summed E-state index contributed by atoms with van der Waals surface area (Å²) in [5.74, 6) is -0.0532. The predicted molar refractivity (Wildman–Crippen MR) is 83.4 cm³/mol. The fourth-order valence-corrected chi connectivity index (χ4v) is 1.98. The molecule has 2 rings (SSSR count). The van der Waals surface area contributed by atoms with Crippen LogP contribution < -0.4 is 10.1 Å². The minimum absolute atomic E-state index is 0.0952. The van der Waals surface area contributed by atoms with E-state index in [2.05, 4.69) is 5.32 Å². The van der Waals surface area contributed by atoms with Gasteiger partial charge in [0.25, 0.3) is 11.6 Å². The largest absolute Gasteiger partial charge is 0.494 e. The Morgan fingerprint density at radius 2 is 1.91 bits per heavy atom. The predicted octanol–water partition coefficient (Wildman–Crippen LogP) is 3.42. The molecule has 6 heteroatoms. The quantitative estimate of drug-likeness (QED) is 0.677. The Morgan fingerprint density at radius 1 is 1.23 bits per heavy atom. The number of amides is 1. The van der Waals surface area contributed by atoms with Crippen LogP contribution in [-0.4, -0.2) is 17.9 Å². The van der Waals surface area contributed by atoms with Gasteiger partial charge in [0.2, 0.25) is 0 Å². The van der Waals surface area contributed by atoms with E-state index in [9.17, 15) is 14.9 Å². The zero-order chi connectivity index (χ0) is 16.1. The van der Waals surface area contributed by atoms with Crippen LogP contribution >= 0.6 is 0 Å². The Kier molecular flexibility index (Phi) is 4.73.